The van der Waals surface area contributed by atoms with Crippen LogP contribution in [0.4, 0.5) is 0 Å². The monoisotopic (exact) mass is 423 g/mol. The van der Waals surface area contributed by atoms with E-state index in [1.54, 1.807) is 4.90 Å². The molecule has 0 aliphatic carbocycles. The van der Waals surface area contributed by atoms with Crippen LogP contribution in [0.3, 0.4) is 0 Å². The summed E-state index contributed by atoms with van der Waals surface area (Å²) >= 11 is 0. The van der Waals surface area contributed by atoms with E-state index in [1.807, 2.05) is 72.8 Å². The van der Waals surface area contributed by atoms with Crippen LogP contribution >= 0.6 is 12.4 Å². The fourth-order valence-corrected chi connectivity index (χ4v) is 4.05. The fraction of sp³-hybridized carbons (Fsp3) is 0.250. The summed E-state index contributed by atoms with van der Waals surface area (Å²) in [7, 11) is 0. The minimum atomic E-state index is -0.155. The quantitative estimate of drug-likeness (QED) is 0.662. The smallest absolute Gasteiger partial charge is 0.242 e. The van der Waals surface area contributed by atoms with E-state index in [-0.39, 0.29) is 49.1 Å². The summed E-state index contributed by atoms with van der Waals surface area (Å²) in [6, 6.07) is 23.9. The van der Waals surface area contributed by atoms with Crippen LogP contribution in [0.1, 0.15) is 17.0 Å². The molecule has 1 aliphatic rings. The second-order valence-corrected chi connectivity index (χ2v) is 7.57. The normalized spacial score (nSPS) is 18.1. The third-order valence-corrected chi connectivity index (χ3v) is 5.61. The number of hydrogen-bond acceptors (Lipinski definition) is 3. The molecule has 5 nitrogen and oxygen atoms in total. The molecule has 0 spiro atoms. The summed E-state index contributed by atoms with van der Waals surface area (Å²) < 4.78 is 0. The van der Waals surface area contributed by atoms with Gasteiger partial charge in [0.2, 0.25) is 11.8 Å². The zero-order valence-electron chi connectivity index (χ0n) is 16.7. The van der Waals surface area contributed by atoms with Gasteiger partial charge in [0.05, 0.1) is 13.0 Å². The first-order valence-corrected chi connectivity index (χ1v) is 9.93. The highest BCUT2D eigenvalue weighted by molar-refractivity contribution is 5.91. The predicted octanol–water partition coefficient (Wildman–Crippen LogP) is 2.87. The van der Waals surface area contributed by atoms with E-state index >= 15 is 0 Å². The number of amides is 2. The SMILES string of the molecule is Cl.N[C@@H]1CN(C(=O)CNC(=O)Cc2cccc3ccccc23)C[C@H]1c1ccccc1. The number of likely N-dealkylation sites (tertiary alicyclic amines) is 1. The van der Waals surface area contributed by atoms with Crippen molar-refractivity contribution in [1.82, 2.24) is 10.2 Å². The van der Waals surface area contributed by atoms with Gasteiger partial charge in [-0.1, -0.05) is 72.8 Å². The maximum absolute atomic E-state index is 12.6. The molecule has 6 heteroatoms. The Hall–Kier alpha value is -2.89. The molecule has 3 aromatic carbocycles. The zero-order chi connectivity index (χ0) is 20.2. The topological polar surface area (TPSA) is 75.4 Å². The predicted molar refractivity (Wildman–Crippen MR) is 122 cm³/mol. The lowest BCUT2D eigenvalue weighted by atomic mass is 9.95. The highest BCUT2D eigenvalue weighted by atomic mass is 35.5. The van der Waals surface area contributed by atoms with Crippen LogP contribution in [0.2, 0.25) is 0 Å². The summed E-state index contributed by atoms with van der Waals surface area (Å²) in [6.45, 7) is 1.10. The fourth-order valence-electron chi connectivity index (χ4n) is 4.05. The Morgan fingerprint density at radius 3 is 2.43 bits per heavy atom. The van der Waals surface area contributed by atoms with Crippen LogP contribution in [0.5, 0.6) is 0 Å². The van der Waals surface area contributed by atoms with Gasteiger partial charge in [0.1, 0.15) is 0 Å². The molecular weight excluding hydrogens is 398 g/mol. The number of nitrogens with one attached hydrogen (secondary N) is 1. The molecule has 4 rings (SSSR count). The zero-order valence-corrected chi connectivity index (χ0v) is 17.5. The average molecular weight is 424 g/mol. The van der Waals surface area contributed by atoms with Crippen molar-refractivity contribution in [3.63, 3.8) is 0 Å². The minimum Gasteiger partial charge on any atom is -0.347 e. The van der Waals surface area contributed by atoms with Crippen molar-refractivity contribution >= 4 is 35.0 Å². The van der Waals surface area contributed by atoms with Crippen molar-refractivity contribution < 1.29 is 9.59 Å². The van der Waals surface area contributed by atoms with Crippen molar-refractivity contribution in [2.75, 3.05) is 19.6 Å². The van der Waals surface area contributed by atoms with Crippen LogP contribution in [-0.2, 0) is 16.0 Å². The van der Waals surface area contributed by atoms with E-state index in [1.165, 1.54) is 0 Å². The molecule has 2 atom stereocenters. The molecule has 0 radical (unpaired) electrons. The first-order valence-electron chi connectivity index (χ1n) is 9.93. The van der Waals surface area contributed by atoms with Crippen molar-refractivity contribution in [2.45, 2.75) is 18.4 Å². The maximum atomic E-state index is 12.6. The van der Waals surface area contributed by atoms with Gasteiger partial charge in [-0.2, -0.15) is 0 Å². The number of carbonyl (C=O) groups excluding carboxylic acids is 2. The lowest BCUT2D eigenvalue weighted by Crippen LogP contribution is -2.40. The second kappa shape index (κ2) is 9.74. The molecule has 1 saturated heterocycles. The number of hydrogen-bond donors (Lipinski definition) is 2. The van der Waals surface area contributed by atoms with Crippen LogP contribution in [0.15, 0.2) is 72.8 Å². The molecular formula is C24H26ClN3O2. The van der Waals surface area contributed by atoms with Crippen molar-refractivity contribution in [3.8, 4) is 0 Å². The first kappa shape index (κ1) is 21.8. The first-order chi connectivity index (χ1) is 14.1. The Morgan fingerprint density at radius 1 is 0.933 bits per heavy atom. The molecule has 30 heavy (non-hydrogen) atoms. The summed E-state index contributed by atoms with van der Waals surface area (Å²) in [6.07, 6.45) is 0.251. The third-order valence-electron chi connectivity index (χ3n) is 5.61. The van der Waals surface area contributed by atoms with Gasteiger partial charge in [-0.15, -0.1) is 12.4 Å². The van der Waals surface area contributed by atoms with Gasteiger partial charge in [-0.05, 0) is 21.9 Å². The summed E-state index contributed by atoms with van der Waals surface area (Å²) in [5, 5.41) is 4.94. The minimum absolute atomic E-state index is 0. The van der Waals surface area contributed by atoms with Gasteiger partial charge in [-0.3, -0.25) is 9.59 Å². The molecule has 1 heterocycles. The number of fused-ring (bicyclic) bond motifs is 1. The molecule has 2 amide bonds. The molecule has 156 valence electrons. The van der Waals surface area contributed by atoms with Gasteiger partial charge in [-0.25, -0.2) is 0 Å². The average Bonchev–Trinajstić information content (AvgIpc) is 3.15. The Labute approximate surface area is 182 Å². The largest absolute Gasteiger partial charge is 0.347 e. The van der Waals surface area contributed by atoms with Crippen LogP contribution < -0.4 is 11.1 Å². The lowest BCUT2D eigenvalue weighted by Gasteiger charge is -2.17. The number of benzene rings is 3. The standard InChI is InChI=1S/C24H25N3O2.ClH/c25-22-16-27(15-21(22)18-7-2-1-3-8-18)24(29)14-26-23(28)13-19-11-6-10-17-9-4-5-12-20(17)19;/h1-12,21-22H,13-16,25H2,(H,26,28);1H/t21-,22+;/m0./s1. The lowest BCUT2D eigenvalue weighted by molar-refractivity contribution is -0.131. The Balaban J connectivity index is 0.00000256. The molecule has 0 unspecified atom stereocenters. The maximum Gasteiger partial charge on any atom is 0.242 e. The van der Waals surface area contributed by atoms with Crippen LogP contribution in [-0.4, -0.2) is 42.4 Å². The molecule has 3 N–H and O–H groups in total. The highest BCUT2D eigenvalue weighted by Crippen LogP contribution is 2.26. The van der Waals surface area contributed by atoms with E-state index in [4.69, 9.17) is 5.73 Å². The third kappa shape index (κ3) is 4.81. The van der Waals surface area contributed by atoms with E-state index in [2.05, 4.69) is 5.32 Å². The van der Waals surface area contributed by atoms with E-state index < -0.39 is 0 Å². The summed E-state index contributed by atoms with van der Waals surface area (Å²) in [5.74, 6) is -0.116. The molecule has 3 aromatic rings. The Morgan fingerprint density at radius 2 is 1.63 bits per heavy atom. The van der Waals surface area contributed by atoms with Crippen molar-refractivity contribution in [3.05, 3.63) is 83.9 Å². The molecule has 0 bridgehead atoms. The highest BCUT2D eigenvalue weighted by Gasteiger charge is 2.33. The number of carbonyl (C=O) groups is 2. The van der Waals surface area contributed by atoms with Gasteiger partial charge in [0.15, 0.2) is 0 Å². The van der Waals surface area contributed by atoms with Crippen molar-refractivity contribution in [1.29, 1.82) is 0 Å². The van der Waals surface area contributed by atoms with E-state index in [9.17, 15) is 9.59 Å². The van der Waals surface area contributed by atoms with Crippen LogP contribution in [0.25, 0.3) is 10.8 Å². The number of nitrogens with two attached hydrogens (primary N) is 1. The molecule has 0 saturated carbocycles. The van der Waals surface area contributed by atoms with E-state index in [0.29, 0.717) is 13.1 Å². The molecule has 1 aliphatic heterocycles. The number of nitrogens with zero attached hydrogens (tertiary/aromatic N) is 1. The Bertz CT molecular complexity index is 1020. The summed E-state index contributed by atoms with van der Waals surface area (Å²) in [4.78, 5) is 26.8. The summed E-state index contributed by atoms with van der Waals surface area (Å²) in [5.41, 5.74) is 8.38. The molecule has 1 fully saturated rings. The van der Waals surface area contributed by atoms with Gasteiger partial charge < -0.3 is 16.0 Å². The van der Waals surface area contributed by atoms with Gasteiger partial charge in [0.25, 0.3) is 0 Å². The Kier molecular flexibility index (Phi) is 7.08. The van der Waals surface area contributed by atoms with Gasteiger partial charge in [0, 0.05) is 25.0 Å². The molecule has 0 aromatic heterocycles. The van der Waals surface area contributed by atoms with Crippen LogP contribution in [0, 0.1) is 0 Å². The van der Waals surface area contributed by atoms with Gasteiger partial charge >= 0.3 is 0 Å². The van der Waals surface area contributed by atoms with Crippen molar-refractivity contribution in [2.24, 2.45) is 5.73 Å². The van der Waals surface area contributed by atoms with E-state index in [0.717, 1.165) is 21.9 Å². The second-order valence-electron chi connectivity index (χ2n) is 7.57. The number of rotatable bonds is 5. The number of halogens is 1.